The van der Waals surface area contributed by atoms with Crippen LogP contribution in [0.4, 0.5) is 0 Å². The lowest BCUT2D eigenvalue weighted by molar-refractivity contribution is 0.362. The summed E-state index contributed by atoms with van der Waals surface area (Å²) in [4.78, 5) is 0. The van der Waals surface area contributed by atoms with E-state index in [0.29, 0.717) is 6.04 Å². The molecule has 1 aliphatic heterocycles. The third kappa shape index (κ3) is 4.52. The van der Waals surface area contributed by atoms with Crippen molar-refractivity contribution < 1.29 is 0 Å². The first-order valence-corrected chi connectivity index (χ1v) is 9.21. The maximum atomic E-state index is 4.57. The van der Waals surface area contributed by atoms with E-state index >= 15 is 0 Å². The molecule has 2 heterocycles. The third-order valence-corrected chi connectivity index (χ3v) is 5.35. The Hall–Kier alpha value is -0.480. The van der Waals surface area contributed by atoms with Gasteiger partial charge in [0.1, 0.15) is 0 Å². The van der Waals surface area contributed by atoms with Crippen LogP contribution >= 0.6 is 11.8 Å². The monoisotopic (exact) mass is 295 g/mol. The Balaban J connectivity index is 1.94. The predicted molar refractivity (Wildman–Crippen MR) is 88.4 cm³/mol. The molecule has 0 spiro atoms. The van der Waals surface area contributed by atoms with Crippen LogP contribution in [0.15, 0.2) is 6.07 Å². The summed E-state index contributed by atoms with van der Waals surface area (Å²) in [6, 6.07) is 2.88. The quantitative estimate of drug-likeness (QED) is 0.838. The van der Waals surface area contributed by atoms with E-state index in [9.17, 15) is 0 Å². The Morgan fingerprint density at radius 2 is 2.15 bits per heavy atom. The van der Waals surface area contributed by atoms with Crippen molar-refractivity contribution >= 4 is 11.8 Å². The van der Waals surface area contributed by atoms with Crippen LogP contribution in [-0.2, 0) is 19.9 Å². The van der Waals surface area contributed by atoms with Gasteiger partial charge in [0.2, 0.25) is 0 Å². The van der Waals surface area contributed by atoms with E-state index < -0.39 is 0 Å². The van der Waals surface area contributed by atoms with Gasteiger partial charge in [-0.15, -0.1) is 0 Å². The first-order valence-electron chi connectivity index (χ1n) is 8.05. The Morgan fingerprint density at radius 3 is 2.75 bits per heavy atom. The standard InChI is InChI=1S/C16H29N3S/c1-4-14-11-16(19(3)18-14)12-15(17-5-2)10-13-6-8-20-9-7-13/h11,13,15,17H,4-10,12H2,1-3H3. The zero-order chi connectivity index (χ0) is 14.4. The van der Waals surface area contributed by atoms with Gasteiger partial charge in [-0.25, -0.2) is 0 Å². The van der Waals surface area contributed by atoms with Crippen LogP contribution < -0.4 is 5.32 Å². The van der Waals surface area contributed by atoms with Crippen molar-refractivity contribution in [1.82, 2.24) is 15.1 Å². The van der Waals surface area contributed by atoms with Gasteiger partial charge in [-0.1, -0.05) is 13.8 Å². The number of hydrogen-bond donors (Lipinski definition) is 1. The maximum Gasteiger partial charge on any atom is 0.0624 e. The third-order valence-electron chi connectivity index (χ3n) is 4.30. The van der Waals surface area contributed by atoms with E-state index in [1.807, 2.05) is 0 Å². The molecule has 0 aliphatic carbocycles. The fourth-order valence-electron chi connectivity index (χ4n) is 3.10. The van der Waals surface area contributed by atoms with Gasteiger partial charge in [-0.3, -0.25) is 4.68 Å². The number of thioether (sulfide) groups is 1. The Labute approximate surface area is 127 Å². The molecule has 1 aliphatic rings. The second-order valence-corrected chi connectivity index (χ2v) is 7.08. The number of aryl methyl sites for hydroxylation is 2. The second-order valence-electron chi connectivity index (χ2n) is 5.85. The molecule has 114 valence electrons. The van der Waals surface area contributed by atoms with E-state index in [1.54, 1.807) is 0 Å². The number of nitrogens with zero attached hydrogens (tertiary/aromatic N) is 2. The highest BCUT2D eigenvalue weighted by molar-refractivity contribution is 7.99. The van der Waals surface area contributed by atoms with Gasteiger partial charge >= 0.3 is 0 Å². The molecule has 1 unspecified atom stereocenters. The topological polar surface area (TPSA) is 29.9 Å². The van der Waals surface area contributed by atoms with Crippen LogP contribution in [0.3, 0.4) is 0 Å². The van der Waals surface area contributed by atoms with Crippen LogP contribution in [0.2, 0.25) is 0 Å². The summed E-state index contributed by atoms with van der Waals surface area (Å²) >= 11 is 2.12. The van der Waals surface area contributed by atoms with E-state index in [1.165, 1.54) is 42.2 Å². The van der Waals surface area contributed by atoms with Crippen LogP contribution in [-0.4, -0.2) is 33.9 Å². The van der Waals surface area contributed by atoms with Crippen molar-refractivity contribution in [2.75, 3.05) is 18.1 Å². The molecule has 1 aromatic rings. The summed E-state index contributed by atoms with van der Waals surface area (Å²) in [7, 11) is 2.08. The van der Waals surface area contributed by atoms with Gasteiger partial charge < -0.3 is 5.32 Å². The minimum Gasteiger partial charge on any atom is -0.314 e. The Bertz CT molecular complexity index is 396. The average molecular weight is 295 g/mol. The van der Waals surface area contributed by atoms with E-state index in [-0.39, 0.29) is 0 Å². The van der Waals surface area contributed by atoms with E-state index in [2.05, 4.69) is 53.8 Å². The zero-order valence-electron chi connectivity index (χ0n) is 13.2. The lowest BCUT2D eigenvalue weighted by Crippen LogP contribution is -2.34. The summed E-state index contributed by atoms with van der Waals surface area (Å²) in [5.74, 6) is 3.63. The molecule has 0 saturated carbocycles. The summed E-state index contributed by atoms with van der Waals surface area (Å²) in [5, 5.41) is 8.26. The maximum absolute atomic E-state index is 4.57. The number of aromatic nitrogens is 2. The van der Waals surface area contributed by atoms with Gasteiger partial charge in [0, 0.05) is 25.2 Å². The number of rotatable bonds is 7. The summed E-state index contributed by atoms with van der Waals surface area (Å²) < 4.78 is 2.07. The highest BCUT2D eigenvalue weighted by Crippen LogP contribution is 2.27. The summed E-state index contributed by atoms with van der Waals surface area (Å²) in [5.41, 5.74) is 2.59. The predicted octanol–water partition coefficient (Wildman–Crippen LogP) is 3.04. The van der Waals surface area contributed by atoms with Crippen molar-refractivity contribution in [1.29, 1.82) is 0 Å². The second kappa shape index (κ2) is 8.08. The molecule has 4 heteroatoms. The molecule has 1 fully saturated rings. The fourth-order valence-corrected chi connectivity index (χ4v) is 4.30. The molecule has 1 atom stereocenters. The molecule has 0 radical (unpaired) electrons. The normalized spacial score (nSPS) is 18.4. The number of likely N-dealkylation sites (N-methyl/N-ethyl adjacent to an activating group) is 1. The summed E-state index contributed by atoms with van der Waals surface area (Å²) in [6.45, 7) is 5.45. The van der Waals surface area contributed by atoms with E-state index in [4.69, 9.17) is 0 Å². The molecule has 0 amide bonds. The molecule has 1 saturated heterocycles. The van der Waals surface area contributed by atoms with Crippen LogP contribution in [0, 0.1) is 5.92 Å². The van der Waals surface area contributed by atoms with Gasteiger partial charge in [0.15, 0.2) is 0 Å². The van der Waals surface area contributed by atoms with Gasteiger partial charge in [-0.2, -0.15) is 16.9 Å². The largest absolute Gasteiger partial charge is 0.314 e. The van der Waals surface area contributed by atoms with E-state index in [0.717, 1.165) is 25.3 Å². The molecule has 20 heavy (non-hydrogen) atoms. The van der Waals surface area contributed by atoms with Gasteiger partial charge in [0.25, 0.3) is 0 Å². The summed E-state index contributed by atoms with van der Waals surface area (Å²) in [6.07, 6.45) is 6.26. The molecular formula is C16H29N3S. The molecule has 1 N–H and O–H groups in total. The van der Waals surface area contributed by atoms with Crippen LogP contribution in [0.1, 0.15) is 44.5 Å². The lowest BCUT2D eigenvalue weighted by Gasteiger charge is -2.27. The van der Waals surface area contributed by atoms with Crippen molar-refractivity contribution in [3.63, 3.8) is 0 Å². The highest BCUT2D eigenvalue weighted by Gasteiger charge is 2.20. The SMILES string of the molecule is CCNC(Cc1cc(CC)nn1C)CC1CCSCC1. The zero-order valence-corrected chi connectivity index (χ0v) is 14.0. The molecule has 2 rings (SSSR count). The van der Waals surface area contributed by atoms with Crippen molar-refractivity contribution in [2.45, 2.75) is 52.0 Å². The molecule has 0 bridgehead atoms. The number of nitrogens with one attached hydrogen (secondary N) is 1. The molecule has 3 nitrogen and oxygen atoms in total. The van der Waals surface area contributed by atoms with Crippen LogP contribution in [0.5, 0.6) is 0 Å². The minimum atomic E-state index is 0.605. The lowest BCUT2D eigenvalue weighted by atomic mass is 9.92. The molecule has 0 aromatic carbocycles. The van der Waals surface area contributed by atoms with Crippen LogP contribution in [0.25, 0.3) is 0 Å². The van der Waals surface area contributed by atoms with Crippen molar-refractivity contribution in [3.05, 3.63) is 17.5 Å². The fraction of sp³-hybridized carbons (Fsp3) is 0.812. The highest BCUT2D eigenvalue weighted by atomic mass is 32.2. The minimum absolute atomic E-state index is 0.605. The first kappa shape index (κ1) is 15.9. The number of hydrogen-bond acceptors (Lipinski definition) is 3. The molecular weight excluding hydrogens is 266 g/mol. The smallest absolute Gasteiger partial charge is 0.0624 e. The average Bonchev–Trinajstić information content (AvgIpc) is 2.81. The molecule has 1 aromatic heterocycles. The van der Waals surface area contributed by atoms with Crippen molar-refractivity contribution in [3.8, 4) is 0 Å². The van der Waals surface area contributed by atoms with Gasteiger partial charge in [0.05, 0.1) is 5.69 Å². The Morgan fingerprint density at radius 1 is 1.40 bits per heavy atom. The van der Waals surface area contributed by atoms with Gasteiger partial charge in [-0.05, 0) is 55.7 Å². The first-order chi connectivity index (χ1) is 9.72. The Kier molecular flexibility index (Phi) is 6.43. The van der Waals surface area contributed by atoms with Crippen molar-refractivity contribution in [2.24, 2.45) is 13.0 Å².